The fraction of sp³-hybridized carbons (Fsp3) is 0.364. The van der Waals surface area contributed by atoms with Gasteiger partial charge in [0.15, 0.2) is 0 Å². The molecule has 0 saturated heterocycles. The Hall–Kier alpha value is -0.680. The van der Waals surface area contributed by atoms with Crippen LogP contribution in [0.25, 0.3) is 0 Å². The highest BCUT2D eigenvalue weighted by Gasteiger charge is 2.03. The summed E-state index contributed by atoms with van der Waals surface area (Å²) in [6.07, 6.45) is 0. The molecule has 0 saturated carbocycles. The van der Waals surface area contributed by atoms with Crippen LogP contribution in [0.5, 0.6) is 5.75 Å². The van der Waals surface area contributed by atoms with E-state index in [1.165, 1.54) is 18.9 Å². The van der Waals surface area contributed by atoms with E-state index in [0.29, 0.717) is 5.75 Å². The molecule has 1 aromatic rings. The lowest BCUT2D eigenvalue weighted by atomic mass is 10.2. The molecule has 88 valence electrons. The average Bonchev–Trinajstić information content (AvgIpc) is 2.29. The first-order chi connectivity index (χ1) is 7.67. The Labute approximate surface area is 108 Å². The molecule has 0 aromatic heterocycles. The highest BCUT2D eigenvalue weighted by Crippen LogP contribution is 2.27. The standard InChI is InChI=1S/C11H13BrO3S/c1-14-10-4-3-8(5-9(10)12)6-16-7-11(13)15-2/h3-5H,6-7H2,1-2H3. The number of hydrogen-bond acceptors (Lipinski definition) is 4. The van der Waals surface area contributed by atoms with Gasteiger partial charge < -0.3 is 9.47 Å². The highest BCUT2D eigenvalue weighted by molar-refractivity contribution is 9.10. The maximum Gasteiger partial charge on any atom is 0.315 e. The van der Waals surface area contributed by atoms with Crippen LogP contribution in [-0.4, -0.2) is 25.9 Å². The summed E-state index contributed by atoms with van der Waals surface area (Å²) in [4.78, 5) is 10.9. The van der Waals surface area contributed by atoms with Gasteiger partial charge in [-0.15, -0.1) is 11.8 Å². The van der Waals surface area contributed by atoms with Gasteiger partial charge in [0.1, 0.15) is 5.75 Å². The number of ether oxygens (including phenoxy) is 2. The van der Waals surface area contributed by atoms with Gasteiger partial charge >= 0.3 is 5.97 Å². The van der Waals surface area contributed by atoms with Crippen molar-refractivity contribution in [1.29, 1.82) is 0 Å². The molecule has 0 amide bonds. The zero-order chi connectivity index (χ0) is 12.0. The van der Waals surface area contributed by atoms with Gasteiger partial charge in [-0.05, 0) is 33.6 Å². The summed E-state index contributed by atoms with van der Waals surface area (Å²) in [5.41, 5.74) is 1.14. The first-order valence-corrected chi connectivity index (χ1v) is 6.59. The predicted octanol–water partition coefficient (Wildman–Crippen LogP) is 2.86. The Kier molecular flexibility index (Phi) is 5.69. The molecule has 0 aliphatic carbocycles. The van der Waals surface area contributed by atoms with Gasteiger partial charge in [0.05, 0.1) is 24.4 Å². The second-order valence-electron chi connectivity index (χ2n) is 3.04. The first-order valence-electron chi connectivity index (χ1n) is 4.64. The van der Waals surface area contributed by atoms with Gasteiger partial charge in [0, 0.05) is 5.75 Å². The topological polar surface area (TPSA) is 35.5 Å². The third-order valence-electron chi connectivity index (χ3n) is 1.93. The molecule has 16 heavy (non-hydrogen) atoms. The van der Waals surface area contributed by atoms with Crippen LogP contribution in [-0.2, 0) is 15.3 Å². The molecular formula is C11H13BrO3S. The van der Waals surface area contributed by atoms with Gasteiger partial charge in [-0.25, -0.2) is 0 Å². The molecule has 0 radical (unpaired) electrons. The van der Waals surface area contributed by atoms with E-state index < -0.39 is 0 Å². The number of benzene rings is 1. The van der Waals surface area contributed by atoms with Crippen molar-refractivity contribution in [3.63, 3.8) is 0 Å². The van der Waals surface area contributed by atoms with E-state index in [1.807, 2.05) is 18.2 Å². The maximum atomic E-state index is 10.9. The van der Waals surface area contributed by atoms with Crippen LogP contribution in [0.4, 0.5) is 0 Å². The van der Waals surface area contributed by atoms with Gasteiger partial charge in [-0.2, -0.15) is 0 Å². The van der Waals surface area contributed by atoms with Crippen molar-refractivity contribution in [3.05, 3.63) is 28.2 Å². The third-order valence-corrected chi connectivity index (χ3v) is 3.53. The minimum absolute atomic E-state index is 0.197. The number of esters is 1. The molecule has 0 atom stereocenters. The third kappa shape index (κ3) is 4.06. The second kappa shape index (κ2) is 6.81. The molecule has 1 rings (SSSR count). The van der Waals surface area contributed by atoms with Crippen LogP contribution >= 0.6 is 27.7 Å². The van der Waals surface area contributed by atoms with Crippen LogP contribution in [0.15, 0.2) is 22.7 Å². The fourth-order valence-corrected chi connectivity index (χ4v) is 2.50. The maximum absolute atomic E-state index is 10.9. The van der Waals surface area contributed by atoms with E-state index in [-0.39, 0.29) is 5.97 Å². The summed E-state index contributed by atoms with van der Waals surface area (Å²) in [5.74, 6) is 1.76. The van der Waals surface area contributed by atoms with Crippen molar-refractivity contribution in [2.75, 3.05) is 20.0 Å². The van der Waals surface area contributed by atoms with Gasteiger partial charge in [-0.3, -0.25) is 4.79 Å². The Bertz CT molecular complexity index is 368. The zero-order valence-electron chi connectivity index (χ0n) is 9.16. The molecule has 0 unspecified atom stereocenters. The molecule has 0 aliphatic heterocycles. The Morgan fingerprint density at radius 1 is 1.44 bits per heavy atom. The van der Waals surface area contributed by atoms with Crippen molar-refractivity contribution in [2.24, 2.45) is 0 Å². The van der Waals surface area contributed by atoms with Crippen LogP contribution in [0.1, 0.15) is 5.56 Å². The molecule has 0 heterocycles. The molecule has 0 N–H and O–H groups in total. The van der Waals surface area contributed by atoms with Crippen molar-refractivity contribution < 1.29 is 14.3 Å². The zero-order valence-corrected chi connectivity index (χ0v) is 11.6. The van der Waals surface area contributed by atoms with Gasteiger partial charge in [0.25, 0.3) is 0 Å². The lowest BCUT2D eigenvalue weighted by Crippen LogP contribution is -2.03. The quantitative estimate of drug-likeness (QED) is 0.784. The van der Waals surface area contributed by atoms with E-state index >= 15 is 0 Å². The van der Waals surface area contributed by atoms with Crippen LogP contribution in [0.2, 0.25) is 0 Å². The Morgan fingerprint density at radius 2 is 2.19 bits per heavy atom. The summed E-state index contributed by atoms with van der Waals surface area (Å²) in [7, 11) is 3.03. The number of halogens is 1. The lowest BCUT2D eigenvalue weighted by molar-refractivity contribution is -0.137. The monoisotopic (exact) mass is 304 g/mol. The number of thioether (sulfide) groups is 1. The van der Waals surface area contributed by atoms with Crippen LogP contribution < -0.4 is 4.74 Å². The molecule has 3 nitrogen and oxygen atoms in total. The number of carbonyl (C=O) groups is 1. The van der Waals surface area contributed by atoms with E-state index in [1.54, 1.807) is 7.11 Å². The van der Waals surface area contributed by atoms with E-state index in [0.717, 1.165) is 21.5 Å². The summed E-state index contributed by atoms with van der Waals surface area (Å²) in [6, 6.07) is 5.87. The SMILES string of the molecule is COC(=O)CSCc1ccc(OC)c(Br)c1. The summed E-state index contributed by atoms with van der Waals surface area (Å²) in [6.45, 7) is 0. The van der Waals surface area contributed by atoms with Crippen molar-refractivity contribution in [1.82, 2.24) is 0 Å². The number of hydrogen-bond donors (Lipinski definition) is 0. The predicted molar refractivity (Wildman–Crippen MR) is 68.9 cm³/mol. The smallest absolute Gasteiger partial charge is 0.315 e. The van der Waals surface area contributed by atoms with E-state index in [2.05, 4.69) is 20.7 Å². The Morgan fingerprint density at radius 3 is 2.75 bits per heavy atom. The number of methoxy groups -OCH3 is 2. The van der Waals surface area contributed by atoms with Gasteiger partial charge in [-0.1, -0.05) is 6.07 Å². The first kappa shape index (κ1) is 13.4. The number of carbonyl (C=O) groups excluding carboxylic acids is 1. The highest BCUT2D eigenvalue weighted by atomic mass is 79.9. The van der Waals surface area contributed by atoms with Crippen molar-refractivity contribution in [3.8, 4) is 5.75 Å². The summed E-state index contributed by atoms with van der Waals surface area (Å²) >= 11 is 4.94. The van der Waals surface area contributed by atoms with Crippen LogP contribution in [0.3, 0.4) is 0 Å². The van der Waals surface area contributed by atoms with Crippen LogP contribution in [0, 0.1) is 0 Å². The summed E-state index contributed by atoms with van der Waals surface area (Å²) in [5, 5.41) is 0. The van der Waals surface area contributed by atoms with E-state index in [9.17, 15) is 4.79 Å². The van der Waals surface area contributed by atoms with Crippen molar-refractivity contribution >= 4 is 33.7 Å². The minimum atomic E-state index is -0.197. The minimum Gasteiger partial charge on any atom is -0.496 e. The number of rotatable bonds is 5. The molecule has 1 aromatic carbocycles. The molecule has 5 heteroatoms. The molecule has 0 bridgehead atoms. The Balaban J connectivity index is 2.49. The lowest BCUT2D eigenvalue weighted by Gasteiger charge is -2.05. The van der Waals surface area contributed by atoms with Gasteiger partial charge in [0.2, 0.25) is 0 Å². The van der Waals surface area contributed by atoms with Crippen molar-refractivity contribution in [2.45, 2.75) is 5.75 Å². The fourth-order valence-electron chi connectivity index (χ4n) is 1.11. The largest absolute Gasteiger partial charge is 0.496 e. The molecule has 0 aliphatic rings. The second-order valence-corrected chi connectivity index (χ2v) is 4.88. The normalized spacial score (nSPS) is 9.94. The average molecular weight is 305 g/mol. The molecule has 0 spiro atoms. The molecular weight excluding hydrogens is 292 g/mol. The molecule has 0 fully saturated rings. The summed E-state index contributed by atoms with van der Waals surface area (Å²) < 4.78 is 10.6. The van der Waals surface area contributed by atoms with E-state index in [4.69, 9.17) is 4.74 Å².